The fraction of sp³-hybridized carbons (Fsp3) is 0.368. The number of hydrogen-bond acceptors (Lipinski definition) is 4. The van der Waals surface area contributed by atoms with Gasteiger partial charge < -0.3 is 4.90 Å². The van der Waals surface area contributed by atoms with Gasteiger partial charge in [-0.3, -0.25) is 14.4 Å². The van der Waals surface area contributed by atoms with Crippen LogP contribution in [0.3, 0.4) is 0 Å². The van der Waals surface area contributed by atoms with E-state index < -0.39 is 23.3 Å². The largest absolute Gasteiger partial charge is 0.347 e. The number of hydrogen-bond donors (Lipinski definition) is 0. The van der Waals surface area contributed by atoms with E-state index >= 15 is 0 Å². The van der Waals surface area contributed by atoms with Crippen LogP contribution >= 0.6 is 0 Å². The molecular formula is C19H23N3O3. The van der Waals surface area contributed by atoms with E-state index in [1.807, 2.05) is 26.8 Å². The van der Waals surface area contributed by atoms with Crippen LogP contribution in [0.1, 0.15) is 29.7 Å². The Morgan fingerprint density at radius 2 is 1.64 bits per heavy atom. The zero-order valence-corrected chi connectivity index (χ0v) is 15.5. The van der Waals surface area contributed by atoms with Crippen molar-refractivity contribution in [2.45, 2.75) is 33.7 Å². The fourth-order valence-corrected chi connectivity index (χ4v) is 2.69. The second-order valence-corrected chi connectivity index (χ2v) is 6.50. The van der Waals surface area contributed by atoms with Crippen molar-refractivity contribution < 1.29 is 9.59 Å². The first-order valence-electron chi connectivity index (χ1n) is 8.03. The second-order valence-electron chi connectivity index (χ2n) is 6.50. The highest BCUT2D eigenvalue weighted by atomic mass is 16.2. The summed E-state index contributed by atoms with van der Waals surface area (Å²) in [5.41, 5.74) is 4.22. The van der Waals surface area contributed by atoms with E-state index in [0.29, 0.717) is 5.69 Å². The lowest BCUT2D eigenvalue weighted by atomic mass is 9.98. The molecular weight excluding hydrogens is 318 g/mol. The molecule has 0 fully saturated rings. The highest BCUT2D eigenvalue weighted by molar-refractivity contribution is 6.02. The molecule has 0 saturated heterocycles. The molecule has 0 aliphatic rings. The summed E-state index contributed by atoms with van der Waals surface area (Å²) in [6.07, 6.45) is 0. The van der Waals surface area contributed by atoms with Crippen molar-refractivity contribution in [3.63, 3.8) is 0 Å². The van der Waals surface area contributed by atoms with Crippen molar-refractivity contribution in [1.82, 2.24) is 14.7 Å². The second kappa shape index (κ2) is 7.01. The number of amides is 1. The molecule has 6 nitrogen and oxygen atoms in total. The van der Waals surface area contributed by atoms with Crippen molar-refractivity contribution >= 4 is 11.7 Å². The van der Waals surface area contributed by atoms with E-state index in [1.54, 1.807) is 20.2 Å². The van der Waals surface area contributed by atoms with Crippen LogP contribution < -0.4 is 5.56 Å². The van der Waals surface area contributed by atoms with Gasteiger partial charge in [0.05, 0.1) is 5.69 Å². The van der Waals surface area contributed by atoms with E-state index in [9.17, 15) is 14.4 Å². The number of Topliss-reactive ketones (excluding diaryl/α,β-unsaturated/α-hetero) is 1. The lowest BCUT2D eigenvalue weighted by molar-refractivity contribution is -0.138. The smallest absolute Gasteiger partial charge is 0.267 e. The van der Waals surface area contributed by atoms with Crippen molar-refractivity contribution in [1.29, 1.82) is 0 Å². The molecule has 1 aromatic carbocycles. The van der Waals surface area contributed by atoms with Gasteiger partial charge in [0.15, 0.2) is 11.8 Å². The first-order valence-corrected chi connectivity index (χ1v) is 8.03. The molecule has 0 unspecified atom stereocenters. The van der Waals surface area contributed by atoms with Crippen molar-refractivity contribution in [2.24, 2.45) is 0 Å². The SMILES string of the molecule is CC(=O)[C@H](C(=O)N(C)C)n1nc(-c2cc(C)c(C)cc2C)ccc1=O. The third-order valence-corrected chi connectivity index (χ3v) is 4.25. The zero-order chi connectivity index (χ0) is 18.9. The maximum absolute atomic E-state index is 12.4. The Kier molecular flexibility index (Phi) is 5.21. The van der Waals surface area contributed by atoms with Crippen LogP contribution in [0.15, 0.2) is 29.1 Å². The van der Waals surface area contributed by atoms with Crippen LogP contribution in [0, 0.1) is 20.8 Å². The first kappa shape index (κ1) is 18.6. The predicted molar refractivity (Wildman–Crippen MR) is 96.6 cm³/mol. The Morgan fingerprint density at radius 1 is 1.04 bits per heavy atom. The molecule has 2 aromatic rings. The molecule has 6 heteroatoms. The molecule has 1 amide bonds. The topological polar surface area (TPSA) is 72.3 Å². The Balaban J connectivity index is 2.65. The number of nitrogens with zero attached hydrogens (tertiary/aromatic N) is 3. The molecule has 1 heterocycles. The molecule has 0 spiro atoms. The number of aryl methyl sites for hydroxylation is 3. The predicted octanol–water partition coefficient (Wildman–Crippen LogP) is 2.05. The van der Waals surface area contributed by atoms with Crippen molar-refractivity contribution in [3.05, 3.63) is 51.3 Å². The molecule has 0 saturated carbocycles. The summed E-state index contributed by atoms with van der Waals surface area (Å²) in [6.45, 7) is 7.28. The highest BCUT2D eigenvalue weighted by Gasteiger charge is 2.29. The van der Waals surface area contributed by atoms with Crippen molar-refractivity contribution in [2.75, 3.05) is 14.1 Å². The molecule has 1 atom stereocenters. The van der Waals surface area contributed by atoms with Crippen LogP contribution in [0.5, 0.6) is 0 Å². The van der Waals surface area contributed by atoms with E-state index in [0.717, 1.165) is 21.4 Å². The Hall–Kier alpha value is -2.76. The summed E-state index contributed by atoms with van der Waals surface area (Å²) < 4.78 is 0.981. The van der Waals surface area contributed by atoms with E-state index in [1.165, 1.54) is 23.5 Å². The van der Waals surface area contributed by atoms with Crippen molar-refractivity contribution in [3.8, 4) is 11.3 Å². The summed E-state index contributed by atoms with van der Waals surface area (Å²) in [7, 11) is 3.08. The van der Waals surface area contributed by atoms with Gasteiger partial charge in [0, 0.05) is 25.7 Å². The molecule has 0 aliphatic carbocycles. The van der Waals surface area contributed by atoms with Gasteiger partial charge >= 0.3 is 0 Å². The molecule has 0 radical (unpaired) electrons. The van der Waals surface area contributed by atoms with Gasteiger partial charge in [-0.15, -0.1) is 0 Å². The zero-order valence-electron chi connectivity index (χ0n) is 15.5. The minimum absolute atomic E-state index is 0.428. The van der Waals surface area contributed by atoms with Gasteiger partial charge in [-0.1, -0.05) is 6.07 Å². The molecule has 25 heavy (non-hydrogen) atoms. The van der Waals surface area contributed by atoms with Gasteiger partial charge in [-0.05, 0) is 56.5 Å². The fourth-order valence-electron chi connectivity index (χ4n) is 2.69. The van der Waals surface area contributed by atoms with Crippen LogP contribution in [-0.2, 0) is 9.59 Å². The first-order chi connectivity index (χ1) is 11.6. The number of carbonyl (C=O) groups is 2. The quantitative estimate of drug-likeness (QED) is 0.798. The van der Waals surface area contributed by atoms with Gasteiger partial charge in [0.2, 0.25) is 0 Å². The Morgan fingerprint density at radius 3 is 2.20 bits per heavy atom. The summed E-state index contributed by atoms with van der Waals surface area (Å²) in [5, 5.41) is 4.34. The molecule has 132 valence electrons. The molecule has 2 rings (SSSR count). The van der Waals surface area contributed by atoms with Crippen LogP contribution in [0.4, 0.5) is 0 Å². The van der Waals surface area contributed by atoms with Gasteiger partial charge in [-0.25, -0.2) is 4.68 Å². The molecule has 0 bridgehead atoms. The Bertz CT molecular complexity index is 897. The lowest BCUT2D eigenvalue weighted by Crippen LogP contribution is -2.41. The normalized spacial score (nSPS) is 11.9. The summed E-state index contributed by atoms with van der Waals surface area (Å²) in [4.78, 5) is 37.9. The minimum Gasteiger partial charge on any atom is -0.347 e. The van der Waals surface area contributed by atoms with Crippen LogP contribution in [0.2, 0.25) is 0 Å². The highest BCUT2D eigenvalue weighted by Crippen LogP contribution is 2.24. The van der Waals surface area contributed by atoms with Gasteiger partial charge in [0.1, 0.15) is 0 Å². The number of rotatable bonds is 4. The number of likely N-dealkylation sites (N-methyl/N-ethyl adjacent to an activating group) is 1. The monoisotopic (exact) mass is 341 g/mol. The number of aromatic nitrogens is 2. The third kappa shape index (κ3) is 3.68. The van der Waals surface area contributed by atoms with E-state index in [-0.39, 0.29) is 0 Å². The number of benzene rings is 1. The maximum Gasteiger partial charge on any atom is 0.267 e. The standard InChI is InChI=1S/C19H23N3O3/c1-11-9-13(3)15(10-12(11)2)16-7-8-17(24)22(20-16)18(14(4)23)19(25)21(5)6/h7-10,18H,1-6H3/t18-/m1/s1. The molecule has 1 aromatic heterocycles. The Labute approximate surface area is 147 Å². The minimum atomic E-state index is -1.26. The van der Waals surface area contributed by atoms with Gasteiger partial charge in [0.25, 0.3) is 11.5 Å². The van der Waals surface area contributed by atoms with Crippen LogP contribution in [0.25, 0.3) is 11.3 Å². The maximum atomic E-state index is 12.4. The average molecular weight is 341 g/mol. The lowest BCUT2D eigenvalue weighted by Gasteiger charge is -2.20. The van der Waals surface area contributed by atoms with Gasteiger partial charge in [-0.2, -0.15) is 5.10 Å². The number of carbonyl (C=O) groups excluding carboxylic acids is 2. The average Bonchev–Trinajstić information content (AvgIpc) is 2.52. The summed E-state index contributed by atoms with van der Waals surface area (Å²) >= 11 is 0. The number of ketones is 1. The molecule has 0 N–H and O–H groups in total. The summed E-state index contributed by atoms with van der Waals surface area (Å²) in [6, 6.07) is 5.76. The molecule has 0 aliphatic heterocycles. The van der Waals surface area contributed by atoms with Crippen LogP contribution in [-0.4, -0.2) is 40.5 Å². The third-order valence-electron chi connectivity index (χ3n) is 4.25. The van der Waals surface area contributed by atoms with E-state index in [2.05, 4.69) is 11.2 Å². The summed E-state index contributed by atoms with van der Waals surface area (Å²) in [5.74, 6) is -0.904. The van der Waals surface area contributed by atoms with E-state index in [4.69, 9.17) is 0 Å².